The third-order valence-corrected chi connectivity index (χ3v) is 4.25. The minimum atomic E-state index is -0.616. The van der Waals surface area contributed by atoms with Crippen LogP contribution in [0.15, 0.2) is 53.6 Å². The fraction of sp³-hybridized carbons (Fsp3) is 0.318. The first-order valence-electron chi connectivity index (χ1n) is 9.30. The molecule has 0 saturated heterocycles. The number of rotatable bonds is 4. The maximum atomic E-state index is 12.6. The van der Waals surface area contributed by atoms with Crippen molar-refractivity contribution < 1.29 is 14.3 Å². The van der Waals surface area contributed by atoms with Crippen LogP contribution in [0.4, 0.5) is 4.79 Å². The van der Waals surface area contributed by atoms with Crippen LogP contribution in [0, 0.1) is 6.92 Å². The predicted octanol–water partition coefficient (Wildman–Crippen LogP) is 3.86. The van der Waals surface area contributed by atoms with E-state index in [1.807, 2.05) is 45.0 Å². The number of carbonyl (C=O) groups excluding carboxylic acids is 1. The molecule has 2 aromatic heterocycles. The monoisotopic (exact) mass is 395 g/mol. The van der Waals surface area contributed by atoms with E-state index >= 15 is 0 Å². The van der Waals surface area contributed by atoms with Gasteiger partial charge < -0.3 is 14.0 Å². The molecule has 0 amide bonds. The van der Waals surface area contributed by atoms with Crippen molar-refractivity contribution in [2.45, 2.75) is 39.8 Å². The summed E-state index contributed by atoms with van der Waals surface area (Å²) in [6, 6.07) is 11.0. The highest BCUT2D eigenvalue weighted by Gasteiger charge is 2.21. The Morgan fingerprint density at radius 1 is 1.14 bits per heavy atom. The molecule has 3 aromatic rings. The first-order chi connectivity index (χ1) is 13.7. The summed E-state index contributed by atoms with van der Waals surface area (Å²) >= 11 is 0. The van der Waals surface area contributed by atoms with Crippen molar-refractivity contribution in [1.82, 2.24) is 14.1 Å². The first kappa shape index (κ1) is 20.4. The van der Waals surface area contributed by atoms with E-state index in [1.54, 1.807) is 43.1 Å². The summed E-state index contributed by atoms with van der Waals surface area (Å²) < 4.78 is 13.6. The average molecular weight is 395 g/mol. The maximum Gasteiger partial charge on any atom is 0.419 e. The molecule has 0 fully saturated rings. The molecule has 152 valence electrons. The van der Waals surface area contributed by atoms with Crippen molar-refractivity contribution in [2.24, 2.45) is 0 Å². The molecule has 0 radical (unpaired) electrons. The Kier molecular flexibility index (Phi) is 5.59. The normalized spacial score (nSPS) is 11.3. The Hall–Kier alpha value is -3.35. The van der Waals surface area contributed by atoms with Crippen LogP contribution in [-0.4, -0.2) is 32.9 Å². The molecule has 7 heteroatoms. The fourth-order valence-corrected chi connectivity index (χ4v) is 2.90. The Morgan fingerprint density at radius 2 is 1.83 bits per heavy atom. The highest BCUT2D eigenvalue weighted by Crippen LogP contribution is 2.20. The molecule has 0 spiro atoms. The summed E-state index contributed by atoms with van der Waals surface area (Å²) in [7, 11) is 1.61. The molecule has 7 nitrogen and oxygen atoms in total. The van der Waals surface area contributed by atoms with Crippen LogP contribution in [0.2, 0.25) is 0 Å². The summed E-state index contributed by atoms with van der Waals surface area (Å²) in [4.78, 5) is 29.5. The Morgan fingerprint density at radius 3 is 2.45 bits per heavy atom. The number of hydrogen-bond acceptors (Lipinski definition) is 5. The van der Waals surface area contributed by atoms with Crippen molar-refractivity contribution in [1.29, 1.82) is 0 Å². The van der Waals surface area contributed by atoms with Crippen molar-refractivity contribution in [3.8, 4) is 17.1 Å². The van der Waals surface area contributed by atoms with E-state index in [0.29, 0.717) is 23.6 Å². The van der Waals surface area contributed by atoms with Crippen molar-refractivity contribution in [2.75, 3.05) is 7.11 Å². The fourth-order valence-electron chi connectivity index (χ4n) is 2.90. The van der Waals surface area contributed by atoms with Gasteiger partial charge in [0.1, 0.15) is 22.7 Å². The number of ether oxygens (including phenoxy) is 2. The minimum Gasteiger partial charge on any atom is -0.497 e. The molecule has 0 saturated carbocycles. The van der Waals surface area contributed by atoms with Gasteiger partial charge in [0.25, 0.3) is 5.56 Å². The van der Waals surface area contributed by atoms with Crippen LogP contribution in [0.3, 0.4) is 0 Å². The predicted molar refractivity (Wildman–Crippen MR) is 110 cm³/mol. The summed E-state index contributed by atoms with van der Waals surface area (Å²) in [6.45, 7) is 7.48. The number of nitrogens with zero attached hydrogens (tertiary/aromatic N) is 3. The summed E-state index contributed by atoms with van der Waals surface area (Å²) in [5.74, 6) is 0.753. The third kappa shape index (κ3) is 4.74. The second-order valence-electron chi connectivity index (χ2n) is 7.74. The number of hydrogen-bond donors (Lipinski definition) is 0. The van der Waals surface area contributed by atoms with Gasteiger partial charge in [-0.3, -0.25) is 9.36 Å². The lowest BCUT2D eigenvalue weighted by atomic mass is 10.2. The van der Waals surface area contributed by atoms with Gasteiger partial charge in [0.05, 0.1) is 19.3 Å². The van der Waals surface area contributed by atoms with Gasteiger partial charge in [0, 0.05) is 12.4 Å². The molecule has 29 heavy (non-hydrogen) atoms. The number of carbonyl (C=O) groups is 1. The summed E-state index contributed by atoms with van der Waals surface area (Å²) in [6.07, 6.45) is 2.79. The molecule has 0 aliphatic rings. The highest BCUT2D eigenvalue weighted by atomic mass is 16.6. The highest BCUT2D eigenvalue weighted by molar-refractivity contribution is 5.77. The number of aromatic nitrogens is 3. The molecule has 0 N–H and O–H groups in total. The Labute approximate surface area is 169 Å². The lowest BCUT2D eigenvalue weighted by Gasteiger charge is -2.20. The van der Waals surface area contributed by atoms with Gasteiger partial charge in [0.2, 0.25) is 0 Å². The SMILES string of the molecule is COc1ccc(Cn2cc(-c3cccn3C(=O)OC(C)(C)C)nc(C)c2=O)cc1. The molecule has 1 aromatic carbocycles. The molecule has 2 heterocycles. The van der Waals surface area contributed by atoms with Gasteiger partial charge in [-0.25, -0.2) is 9.78 Å². The molecule has 0 aliphatic carbocycles. The molecular weight excluding hydrogens is 370 g/mol. The molecule has 0 atom stereocenters. The minimum absolute atomic E-state index is 0.181. The smallest absolute Gasteiger partial charge is 0.419 e. The van der Waals surface area contributed by atoms with Crippen LogP contribution < -0.4 is 10.3 Å². The molecule has 0 unspecified atom stereocenters. The number of aryl methyl sites for hydroxylation is 1. The molecular formula is C22H25N3O4. The summed E-state index contributed by atoms with van der Waals surface area (Å²) in [5, 5.41) is 0. The largest absolute Gasteiger partial charge is 0.497 e. The quantitative estimate of drug-likeness (QED) is 0.671. The van der Waals surface area contributed by atoms with E-state index in [1.165, 1.54) is 4.57 Å². The zero-order valence-electron chi connectivity index (χ0n) is 17.3. The molecule has 0 aliphatic heterocycles. The van der Waals surface area contributed by atoms with Crippen molar-refractivity contribution in [3.05, 3.63) is 70.4 Å². The Balaban J connectivity index is 1.97. The van der Waals surface area contributed by atoms with Crippen LogP contribution in [-0.2, 0) is 11.3 Å². The van der Waals surface area contributed by atoms with Crippen LogP contribution in [0.5, 0.6) is 5.75 Å². The van der Waals surface area contributed by atoms with E-state index in [2.05, 4.69) is 4.98 Å². The van der Waals surface area contributed by atoms with E-state index < -0.39 is 11.7 Å². The van der Waals surface area contributed by atoms with Gasteiger partial charge in [-0.1, -0.05) is 12.1 Å². The standard InChI is InChI=1S/C22H25N3O4/c1-15-20(26)24(13-16-8-10-17(28-5)11-9-16)14-18(23-15)19-7-6-12-25(19)21(27)29-22(2,3)4/h6-12,14H,13H2,1-5H3. The van der Waals surface area contributed by atoms with Gasteiger partial charge in [-0.05, 0) is 57.5 Å². The van der Waals surface area contributed by atoms with Gasteiger partial charge in [-0.15, -0.1) is 0 Å². The summed E-state index contributed by atoms with van der Waals surface area (Å²) in [5.41, 5.74) is 1.59. The van der Waals surface area contributed by atoms with Gasteiger partial charge in [-0.2, -0.15) is 0 Å². The van der Waals surface area contributed by atoms with Crippen molar-refractivity contribution >= 4 is 6.09 Å². The number of methoxy groups -OCH3 is 1. The molecule has 0 bridgehead atoms. The topological polar surface area (TPSA) is 75.3 Å². The van der Waals surface area contributed by atoms with Crippen LogP contribution in [0.25, 0.3) is 11.4 Å². The van der Waals surface area contributed by atoms with E-state index in [-0.39, 0.29) is 5.56 Å². The zero-order valence-corrected chi connectivity index (χ0v) is 17.3. The lowest BCUT2D eigenvalue weighted by molar-refractivity contribution is 0.0540. The zero-order chi connectivity index (χ0) is 21.2. The van der Waals surface area contributed by atoms with Crippen molar-refractivity contribution in [3.63, 3.8) is 0 Å². The van der Waals surface area contributed by atoms with E-state index in [9.17, 15) is 9.59 Å². The van der Waals surface area contributed by atoms with Gasteiger partial charge >= 0.3 is 6.09 Å². The maximum absolute atomic E-state index is 12.6. The molecule has 3 rings (SSSR count). The second-order valence-corrected chi connectivity index (χ2v) is 7.74. The average Bonchev–Trinajstić information content (AvgIpc) is 3.14. The van der Waals surface area contributed by atoms with Crippen LogP contribution in [0.1, 0.15) is 32.0 Å². The third-order valence-electron chi connectivity index (χ3n) is 4.25. The van der Waals surface area contributed by atoms with E-state index in [0.717, 1.165) is 11.3 Å². The Bertz CT molecular complexity index is 1070. The lowest BCUT2D eigenvalue weighted by Crippen LogP contribution is -2.28. The first-order valence-corrected chi connectivity index (χ1v) is 9.30. The van der Waals surface area contributed by atoms with E-state index in [4.69, 9.17) is 9.47 Å². The number of benzene rings is 1. The van der Waals surface area contributed by atoms with Crippen LogP contribution >= 0.6 is 0 Å². The second kappa shape index (κ2) is 7.95. The van der Waals surface area contributed by atoms with Gasteiger partial charge in [0.15, 0.2) is 0 Å².